The molecule has 0 radical (unpaired) electrons. The van der Waals surface area contributed by atoms with Crippen LogP contribution in [0.5, 0.6) is 0 Å². The summed E-state index contributed by atoms with van der Waals surface area (Å²) in [6, 6.07) is 0. The minimum Gasteiger partial charge on any atom is -0.400 e. The molecule has 0 saturated heterocycles. The quantitative estimate of drug-likeness (QED) is 0.502. The first kappa shape index (κ1) is 8.81. The van der Waals surface area contributed by atoms with Crippen molar-refractivity contribution < 1.29 is 18.3 Å². The van der Waals surface area contributed by atoms with Crippen LogP contribution in [0.15, 0.2) is 0 Å². The Morgan fingerprint density at radius 3 is 2.33 bits per heavy atom. The molecule has 0 amide bonds. The Labute approximate surface area is 59.3 Å². The number of carbonyl (C=O) groups excluding carboxylic acids is 1. The standard InChI is InChI=1S/C4H5BrF2O2/c1-3(8)9-4(6,7)2-5/h2H2,1H3. The molecule has 0 atom stereocenters. The van der Waals surface area contributed by atoms with Gasteiger partial charge >= 0.3 is 12.1 Å². The fourth-order valence-corrected chi connectivity index (χ4v) is 0.352. The summed E-state index contributed by atoms with van der Waals surface area (Å²) in [5.74, 6) is -0.987. The molecule has 5 heteroatoms. The highest BCUT2D eigenvalue weighted by Crippen LogP contribution is 2.17. The lowest BCUT2D eigenvalue weighted by atomic mass is 10.7. The van der Waals surface area contributed by atoms with E-state index in [9.17, 15) is 13.6 Å². The van der Waals surface area contributed by atoms with Gasteiger partial charge in [-0.15, -0.1) is 0 Å². The van der Waals surface area contributed by atoms with Gasteiger partial charge in [-0.2, -0.15) is 8.78 Å². The number of hydrogen-bond donors (Lipinski definition) is 0. The predicted molar refractivity (Wildman–Crippen MR) is 30.5 cm³/mol. The van der Waals surface area contributed by atoms with E-state index in [0.717, 1.165) is 6.92 Å². The first-order valence-electron chi connectivity index (χ1n) is 2.11. The zero-order valence-electron chi connectivity index (χ0n) is 4.66. The van der Waals surface area contributed by atoms with E-state index in [1.165, 1.54) is 0 Å². The van der Waals surface area contributed by atoms with Gasteiger partial charge in [0, 0.05) is 6.92 Å². The topological polar surface area (TPSA) is 26.3 Å². The zero-order valence-corrected chi connectivity index (χ0v) is 6.24. The minimum absolute atomic E-state index is 0.667. The van der Waals surface area contributed by atoms with Crippen molar-refractivity contribution in [3.8, 4) is 0 Å². The Hall–Kier alpha value is -0.190. The Balaban J connectivity index is 3.71. The Kier molecular flexibility index (Phi) is 3.03. The van der Waals surface area contributed by atoms with Gasteiger partial charge in [-0.25, -0.2) is 0 Å². The van der Waals surface area contributed by atoms with E-state index in [1.807, 2.05) is 0 Å². The Morgan fingerprint density at radius 2 is 2.22 bits per heavy atom. The van der Waals surface area contributed by atoms with Crippen molar-refractivity contribution in [3.05, 3.63) is 0 Å². The third-order valence-electron chi connectivity index (χ3n) is 0.449. The molecule has 0 aromatic heterocycles. The fraction of sp³-hybridized carbons (Fsp3) is 0.750. The molecule has 0 N–H and O–H groups in total. The van der Waals surface area contributed by atoms with E-state index >= 15 is 0 Å². The normalized spacial score (nSPS) is 11.1. The van der Waals surface area contributed by atoms with Crippen LogP contribution in [0, 0.1) is 0 Å². The number of hydrogen-bond acceptors (Lipinski definition) is 2. The molecule has 0 fully saturated rings. The summed E-state index contributed by atoms with van der Waals surface area (Å²) in [6.45, 7) is 0.927. The van der Waals surface area contributed by atoms with Crippen LogP contribution >= 0.6 is 15.9 Å². The molecule has 0 aromatic rings. The molecule has 0 heterocycles. The summed E-state index contributed by atoms with van der Waals surface area (Å²) in [5, 5.41) is -0.667. The third kappa shape index (κ3) is 4.32. The van der Waals surface area contributed by atoms with Gasteiger partial charge in [0.25, 0.3) is 0 Å². The van der Waals surface area contributed by atoms with Crippen molar-refractivity contribution in [2.24, 2.45) is 0 Å². The van der Waals surface area contributed by atoms with E-state index in [1.54, 1.807) is 0 Å². The third-order valence-corrected chi connectivity index (χ3v) is 1.10. The molecular weight excluding hydrogens is 198 g/mol. The van der Waals surface area contributed by atoms with Crippen LogP contribution in [-0.2, 0) is 9.53 Å². The molecule has 54 valence electrons. The average molecular weight is 203 g/mol. The van der Waals surface area contributed by atoms with Crippen LogP contribution in [0.1, 0.15) is 6.92 Å². The summed E-state index contributed by atoms with van der Waals surface area (Å²) < 4.78 is 27.4. The largest absolute Gasteiger partial charge is 0.409 e. The highest BCUT2D eigenvalue weighted by atomic mass is 79.9. The van der Waals surface area contributed by atoms with Crippen LogP contribution in [0.2, 0.25) is 0 Å². The minimum atomic E-state index is -3.37. The van der Waals surface area contributed by atoms with Crippen molar-refractivity contribution in [2.75, 3.05) is 5.33 Å². The van der Waals surface area contributed by atoms with E-state index in [0.29, 0.717) is 0 Å². The van der Waals surface area contributed by atoms with Crippen molar-refractivity contribution >= 4 is 21.9 Å². The summed E-state index contributed by atoms with van der Waals surface area (Å²) in [4.78, 5) is 9.90. The predicted octanol–water partition coefficient (Wildman–Crippen LogP) is 1.54. The van der Waals surface area contributed by atoms with Gasteiger partial charge in [0.1, 0.15) is 5.33 Å². The highest BCUT2D eigenvalue weighted by Gasteiger charge is 2.30. The lowest BCUT2D eigenvalue weighted by molar-refractivity contribution is -0.217. The molecule has 9 heavy (non-hydrogen) atoms. The van der Waals surface area contributed by atoms with Gasteiger partial charge < -0.3 is 4.74 Å². The maximum absolute atomic E-state index is 11.9. The van der Waals surface area contributed by atoms with E-state index in [4.69, 9.17) is 0 Å². The molecule has 0 saturated carbocycles. The Bertz CT molecular complexity index is 115. The van der Waals surface area contributed by atoms with Crippen molar-refractivity contribution in [3.63, 3.8) is 0 Å². The molecular formula is C4H5BrF2O2. The lowest BCUT2D eigenvalue weighted by Crippen LogP contribution is -2.24. The smallest absolute Gasteiger partial charge is 0.400 e. The van der Waals surface area contributed by atoms with Crippen LogP contribution in [0.3, 0.4) is 0 Å². The van der Waals surface area contributed by atoms with Crippen LogP contribution < -0.4 is 0 Å². The first-order valence-corrected chi connectivity index (χ1v) is 3.23. The van der Waals surface area contributed by atoms with Gasteiger partial charge in [-0.3, -0.25) is 4.79 Å². The zero-order chi connectivity index (χ0) is 7.49. The summed E-state index contributed by atoms with van der Waals surface area (Å²) in [7, 11) is 0. The number of ether oxygens (including phenoxy) is 1. The molecule has 2 nitrogen and oxygen atoms in total. The van der Waals surface area contributed by atoms with Crippen LogP contribution in [-0.4, -0.2) is 17.4 Å². The summed E-state index contributed by atoms with van der Waals surface area (Å²) >= 11 is 2.47. The number of rotatable bonds is 2. The van der Waals surface area contributed by atoms with E-state index in [2.05, 4.69) is 20.7 Å². The van der Waals surface area contributed by atoms with Crippen molar-refractivity contribution in [2.45, 2.75) is 13.0 Å². The Morgan fingerprint density at radius 1 is 1.78 bits per heavy atom. The lowest BCUT2D eigenvalue weighted by Gasteiger charge is -2.10. The number of carbonyl (C=O) groups is 1. The number of alkyl halides is 3. The molecule has 0 bridgehead atoms. The average Bonchev–Trinajstić information content (AvgIpc) is 1.63. The second-order valence-corrected chi connectivity index (χ2v) is 1.93. The highest BCUT2D eigenvalue weighted by molar-refractivity contribution is 9.09. The number of esters is 1. The maximum Gasteiger partial charge on any atom is 0.409 e. The van der Waals surface area contributed by atoms with Crippen molar-refractivity contribution in [1.29, 1.82) is 0 Å². The monoisotopic (exact) mass is 202 g/mol. The van der Waals surface area contributed by atoms with E-state index in [-0.39, 0.29) is 0 Å². The maximum atomic E-state index is 11.9. The molecule has 0 unspecified atom stereocenters. The summed E-state index contributed by atoms with van der Waals surface area (Å²) in [5.41, 5.74) is 0. The van der Waals surface area contributed by atoms with Crippen LogP contribution in [0.4, 0.5) is 8.78 Å². The molecule has 0 spiro atoms. The first-order chi connectivity index (χ1) is 3.98. The molecule has 0 aliphatic heterocycles. The van der Waals surface area contributed by atoms with Crippen LogP contribution in [0.25, 0.3) is 0 Å². The molecule has 0 rings (SSSR count). The molecule has 0 aromatic carbocycles. The molecule has 0 aliphatic rings. The number of halogens is 3. The van der Waals surface area contributed by atoms with E-state index < -0.39 is 17.4 Å². The fourth-order valence-electron chi connectivity index (χ4n) is 0.238. The van der Waals surface area contributed by atoms with Gasteiger partial charge in [-0.1, -0.05) is 15.9 Å². The summed E-state index contributed by atoms with van der Waals surface area (Å²) in [6.07, 6.45) is -3.37. The second kappa shape index (κ2) is 3.10. The van der Waals surface area contributed by atoms with Gasteiger partial charge in [0.15, 0.2) is 0 Å². The second-order valence-electron chi connectivity index (χ2n) is 1.36. The van der Waals surface area contributed by atoms with Crippen molar-refractivity contribution in [1.82, 2.24) is 0 Å². The van der Waals surface area contributed by atoms with Gasteiger partial charge in [-0.05, 0) is 0 Å². The van der Waals surface area contributed by atoms with Gasteiger partial charge in [0.05, 0.1) is 0 Å². The SMILES string of the molecule is CC(=O)OC(F)(F)CBr. The van der Waals surface area contributed by atoms with Gasteiger partial charge in [0.2, 0.25) is 0 Å². The molecule has 0 aliphatic carbocycles.